The van der Waals surface area contributed by atoms with Gasteiger partial charge >= 0.3 is 104 Å². The van der Waals surface area contributed by atoms with Gasteiger partial charge in [-0.15, -0.1) is 0 Å². The zero-order valence-electron chi connectivity index (χ0n) is 9.53. The molecule has 0 radical (unpaired) electrons. The van der Waals surface area contributed by atoms with Crippen LogP contribution in [-0.4, -0.2) is 0 Å². The van der Waals surface area contributed by atoms with E-state index >= 15 is 0 Å². The molecule has 0 nitrogen and oxygen atoms in total. The maximum atomic E-state index is 2.51. The quantitative estimate of drug-likeness (QED) is 0.615. The SMILES string of the molecule is CCCCC1=CC(CCCC)=[C]([Hf])C1. The van der Waals surface area contributed by atoms with Crippen molar-refractivity contribution in [3.8, 4) is 0 Å². The minimum absolute atomic E-state index is 1.28. The zero-order chi connectivity index (χ0) is 10.4. The first-order valence-corrected chi connectivity index (χ1v) is 7.70. The first-order chi connectivity index (χ1) is 6.77. The van der Waals surface area contributed by atoms with Crippen LogP contribution < -0.4 is 0 Å². The van der Waals surface area contributed by atoms with Crippen LogP contribution in [-0.2, 0) is 24.4 Å². The van der Waals surface area contributed by atoms with E-state index in [2.05, 4.69) is 19.9 Å². The molecule has 0 aromatic carbocycles. The van der Waals surface area contributed by atoms with E-state index in [-0.39, 0.29) is 0 Å². The average molecular weight is 356 g/mol. The first-order valence-electron chi connectivity index (χ1n) is 5.91. The molecule has 0 spiro atoms. The van der Waals surface area contributed by atoms with Crippen LogP contribution in [0.15, 0.2) is 20.6 Å². The van der Waals surface area contributed by atoms with Crippen molar-refractivity contribution in [3.05, 3.63) is 20.6 Å². The van der Waals surface area contributed by atoms with Gasteiger partial charge in [0.1, 0.15) is 0 Å². The van der Waals surface area contributed by atoms with E-state index in [1.54, 1.807) is 14.5 Å². The van der Waals surface area contributed by atoms with E-state index in [1.165, 1.54) is 69.3 Å². The van der Waals surface area contributed by atoms with Crippen molar-refractivity contribution >= 4 is 0 Å². The molecule has 1 heteroatoms. The third-order valence-corrected chi connectivity index (χ3v) is 4.61. The van der Waals surface area contributed by atoms with E-state index in [1.807, 2.05) is 0 Å². The topological polar surface area (TPSA) is 0 Å². The van der Waals surface area contributed by atoms with E-state index in [9.17, 15) is 0 Å². The Labute approximate surface area is 103 Å². The summed E-state index contributed by atoms with van der Waals surface area (Å²) in [6.45, 7) is 4.56. The molecular formula is C13H21Hf. The van der Waals surface area contributed by atoms with Gasteiger partial charge in [-0.25, -0.2) is 0 Å². The van der Waals surface area contributed by atoms with Crippen molar-refractivity contribution in [1.29, 1.82) is 0 Å². The summed E-state index contributed by atoms with van der Waals surface area (Å²) in [6, 6.07) is 0. The summed E-state index contributed by atoms with van der Waals surface area (Å²) >= 11 is 1.28. The molecule has 1 aliphatic carbocycles. The first kappa shape index (κ1) is 12.4. The third-order valence-electron chi connectivity index (χ3n) is 2.82. The van der Waals surface area contributed by atoms with E-state index < -0.39 is 0 Å². The molecule has 0 aromatic heterocycles. The predicted molar refractivity (Wildman–Crippen MR) is 58.8 cm³/mol. The van der Waals surface area contributed by atoms with Crippen LogP contribution in [0, 0.1) is 0 Å². The summed E-state index contributed by atoms with van der Waals surface area (Å²) < 4.78 is 1.77. The fourth-order valence-electron chi connectivity index (χ4n) is 1.88. The molecular weight excluding hydrogens is 335 g/mol. The normalized spacial score (nSPS) is 16.2. The Morgan fingerprint density at radius 2 is 1.79 bits per heavy atom. The van der Waals surface area contributed by atoms with Crippen molar-refractivity contribution in [2.24, 2.45) is 0 Å². The van der Waals surface area contributed by atoms with Gasteiger partial charge in [0.05, 0.1) is 0 Å². The summed E-state index contributed by atoms with van der Waals surface area (Å²) in [5.74, 6) is 0. The van der Waals surface area contributed by atoms with Crippen LogP contribution >= 0.6 is 0 Å². The van der Waals surface area contributed by atoms with Crippen LogP contribution in [0.4, 0.5) is 0 Å². The summed E-state index contributed by atoms with van der Waals surface area (Å²) in [7, 11) is 0. The number of unbranched alkanes of at least 4 members (excludes halogenated alkanes) is 2. The molecule has 0 aliphatic heterocycles. The van der Waals surface area contributed by atoms with Crippen LogP contribution in [0.3, 0.4) is 0 Å². The molecule has 0 bridgehead atoms. The van der Waals surface area contributed by atoms with Gasteiger partial charge in [-0.05, 0) is 0 Å². The summed E-state index contributed by atoms with van der Waals surface area (Å²) in [5, 5.41) is 0. The fraction of sp³-hybridized carbons (Fsp3) is 0.692. The molecule has 0 fully saturated rings. The van der Waals surface area contributed by atoms with Crippen molar-refractivity contribution in [2.45, 2.75) is 58.8 Å². The van der Waals surface area contributed by atoms with Gasteiger partial charge in [0.2, 0.25) is 0 Å². The molecule has 0 heterocycles. The molecule has 1 rings (SSSR count). The molecule has 0 atom stereocenters. The number of rotatable bonds is 6. The Morgan fingerprint density at radius 1 is 1.14 bits per heavy atom. The van der Waals surface area contributed by atoms with Gasteiger partial charge in [0.25, 0.3) is 0 Å². The summed E-state index contributed by atoms with van der Waals surface area (Å²) in [6.07, 6.45) is 11.9. The van der Waals surface area contributed by atoms with Gasteiger partial charge in [-0.3, -0.25) is 0 Å². The van der Waals surface area contributed by atoms with Crippen LogP contribution in [0.1, 0.15) is 58.8 Å². The number of allylic oxidation sites excluding steroid dienone is 4. The van der Waals surface area contributed by atoms with Crippen molar-refractivity contribution in [2.75, 3.05) is 0 Å². The maximum absolute atomic E-state index is 2.51. The van der Waals surface area contributed by atoms with Gasteiger partial charge in [-0.1, -0.05) is 0 Å². The third kappa shape index (κ3) is 3.84. The van der Waals surface area contributed by atoms with Crippen molar-refractivity contribution in [1.82, 2.24) is 0 Å². The minimum atomic E-state index is 1.28. The van der Waals surface area contributed by atoms with Gasteiger partial charge in [0, 0.05) is 0 Å². The number of hydrogen-bond donors (Lipinski definition) is 0. The molecule has 0 N–H and O–H groups in total. The molecule has 0 amide bonds. The van der Waals surface area contributed by atoms with Crippen LogP contribution in [0.25, 0.3) is 0 Å². The van der Waals surface area contributed by atoms with Gasteiger partial charge < -0.3 is 0 Å². The molecule has 1 aliphatic rings. The Hall–Kier alpha value is 0.350. The second kappa shape index (κ2) is 6.76. The molecule has 14 heavy (non-hydrogen) atoms. The summed E-state index contributed by atoms with van der Waals surface area (Å²) in [5.41, 5.74) is 3.41. The average Bonchev–Trinajstić information content (AvgIpc) is 2.53. The Morgan fingerprint density at radius 3 is 2.43 bits per heavy atom. The second-order valence-corrected chi connectivity index (χ2v) is 6.36. The van der Waals surface area contributed by atoms with Gasteiger partial charge in [-0.2, -0.15) is 0 Å². The van der Waals surface area contributed by atoms with Gasteiger partial charge in [0.15, 0.2) is 0 Å². The van der Waals surface area contributed by atoms with Crippen molar-refractivity contribution in [3.63, 3.8) is 0 Å². The van der Waals surface area contributed by atoms with E-state index in [0.29, 0.717) is 0 Å². The molecule has 0 saturated carbocycles. The van der Waals surface area contributed by atoms with Crippen molar-refractivity contribution < 1.29 is 24.4 Å². The van der Waals surface area contributed by atoms with Crippen LogP contribution in [0.5, 0.6) is 0 Å². The molecule has 0 saturated heterocycles. The fourth-order valence-corrected chi connectivity index (χ4v) is 3.40. The standard InChI is InChI=1S/C13H21.Hf/c1-3-5-7-12-9-10-13(11-12)8-6-4-2;/h11H,3-9H2,1-2H3;. The Bertz CT molecular complexity index is 236. The second-order valence-electron chi connectivity index (χ2n) is 4.19. The Balaban J connectivity index is 2.40. The van der Waals surface area contributed by atoms with Crippen LogP contribution in [0.2, 0.25) is 0 Å². The molecule has 77 valence electrons. The van der Waals surface area contributed by atoms with E-state index in [0.717, 1.165) is 0 Å². The zero-order valence-corrected chi connectivity index (χ0v) is 13.1. The Kier molecular flexibility index (Phi) is 6.00. The monoisotopic (exact) mass is 357 g/mol. The van der Waals surface area contributed by atoms with E-state index in [4.69, 9.17) is 0 Å². The number of hydrogen-bond acceptors (Lipinski definition) is 0. The predicted octanol–water partition coefficient (Wildman–Crippen LogP) is 4.50. The summed E-state index contributed by atoms with van der Waals surface area (Å²) in [4.78, 5) is 0. The molecule has 0 unspecified atom stereocenters. The molecule has 0 aromatic rings.